The summed E-state index contributed by atoms with van der Waals surface area (Å²) >= 11 is 6.76. The Morgan fingerprint density at radius 1 is 1.17 bits per heavy atom. The van der Waals surface area contributed by atoms with Crippen molar-refractivity contribution in [3.8, 4) is 17.3 Å². The molecular weight excluding hydrogens is 636 g/mol. The maximum absolute atomic E-state index is 17.0. The molecule has 9 rings (SSSR count). The molecule has 3 fully saturated rings. The van der Waals surface area contributed by atoms with Gasteiger partial charge in [-0.15, -0.1) is 0 Å². The van der Waals surface area contributed by atoms with Crippen LogP contribution in [0, 0.1) is 11.7 Å². The lowest BCUT2D eigenvalue weighted by molar-refractivity contribution is -0.00448. The Kier molecular flexibility index (Phi) is 7.76. The number of pyridine rings is 1. The van der Waals surface area contributed by atoms with Crippen LogP contribution in [0.25, 0.3) is 33.1 Å². The Morgan fingerprint density at radius 2 is 2.06 bits per heavy atom. The minimum atomic E-state index is -0.940. The van der Waals surface area contributed by atoms with Gasteiger partial charge in [0.25, 0.3) is 0 Å². The summed E-state index contributed by atoms with van der Waals surface area (Å²) in [5.74, 6) is 0.0778. The number of ether oxygens (including phenoxy) is 4. The van der Waals surface area contributed by atoms with Crippen LogP contribution >= 0.6 is 11.6 Å². The Morgan fingerprint density at radius 3 is 2.96 bits per heavy atom. The first kappa shape index (κ1) is 30.5. The molecule has 0 radical (unpaired) electrons. The number of hydrogen-bond donors (Lipinski definition) is 1. The predicted octanol–water partition coefficient (Wildman–Crippen LogP) is 4.87. The van der Waals surface area contributed by atoms with Crippen LogP contribution in [0.3, 0.4) is 0 Å². The number of nitrogens with zero attached hydrogens (tertiary/aromatic N) is 6. The van der Waals surface area contributed by atoms with E-state index in [4.69, 9.17) is 35.5 Å². The second-order valence-corrected chi connectivity index (χ2v) is 13.5. The number of rotatable bonds is 3. The Labute approximate surface area is 273 Å². The number of anilines is 1. The average molecular weight is 670 g/mol. The number of aromatic amines is 1. The summed E-state index contributed by atoms with van der Waals surface area (Å²) in [4.78, 5) is 30.7. The minimum absolute atomic E-state index is 0.00986. The summed E-state index contributed by atoms with van der Waals surface area (Å²) in [6.45, 7) is 4.57. The van der Waals surface area contributed by atoms with Crippen molar-refractivity contribution in [2.75, 3.05) is 57.5 Å². The number of nitrogens with one attached hydrogen (secondary N) is 1. The van der Waals surface area contributed by atoms with Crippen molar-refractivity contribution in [3.05, 3.63) is 34.9 Å². The van der Waals surface area contributed by atoms with Gasteiger partial charge in [0.1, 0.15) is 35.9 Å². The van der Waals surface area contributed by atoms with E-state index in [0.29, 0.717) is 83.1 Å². The van der Waals surface area contributed by atoms with E-state index in [-0.39, 0.29) is 43.6 Å². The van der Waals surface area contributed by atoms with Crippen molar-refractivity contribution in [2.24, 2.45) is 5.92 Å². The van der Waals surface area contributed by atoms with Gasteiger partial charge in [0, 0.05) is 48.2 Å². The smallest absolute Gasteiger partial charge is 0.461 e. The van der Waals surface area contributed by atoms with Crippen molar-refractivity contribution in [1.29, 1.82) is 0 Å². The number of halogens is 3. The molecule has 6 bridgehead atoms. The third-order valence-electron chi connectivity index (χ3n) is 9.69. The first-order valence-electron chi connectivity index (χ1n) is 16.0. The fourth-order valence-electron chi connectivity index (χ4n) is 7.75. The Bertz CT molecular complexity index is 1850. The lowest BCUT2D eigenvalue weighted by Crippen LogP contribution is -2.43. The summed E-state index contributed by atoms with van der Waals surface area (Å²) < 4.78 is 54.7. The van der Waals surface area contributed by atoms with Gasteiger partial charge in [0.05, 0.1) is 49.0 Å². The molecule has 1 N–H and O–H groups in total. The minimum Gasteiger partial charge on any atom is -0.461 e. The second kappa shape index (κ2) is 12.0. The molecule has 4 aromatic rings. The van der Waals surface area contributed by atoms with Crippen LogP contribution in [-0.2, 0) is 20.6 Å². The standard InChI is InChI=1S/C32H34ClF2N7O5/c1-17-8-32(9-18(34)13-42(32)12-17)16-46-30-38-27-22-10-36-28(26(27)35)25-20(23(33)7-24-21(25)11-37-40-24)3-2-5-45-31(43)47-19-14-41(29(22)39-30)4-6-44-15-19/h7,10-11,17-19H,2-6,8-9,12-16H2,1H3,(H,37,40)/t17?,18-,19-,32+/m0/s1. The van der Waals surface area contributed by atoms with Gasteiger partial charge >= 0.3 is 12.2 Å². The Balaban J connectivity index is 1.29. The van der Waals surface area contributed by atoms with Crippen molar-refractivity contribution in [2.45, 2.75) is 50.4 Å². The molecular formula is C32H34ClF2N7O5. The fourth-order valence-corrected chi connectivity index (χ4v) is 8.05. The molecule has 0 aliphatic carbocycles. The van der Waals surface area contributed by atoms with Crippen LogP contribution in [0.2, 0.25) is 5.02 Å². The van der Waals surface area contributed by atoms with Crippen LogP contribution in [0.4, 0.5) is 19.4 Å². The van der Waals surface area contributed by atoms with E-state index >= 15 is 4.39 Å². The van der Waals surface area contributed by atoms with Crippen molar-refractivity contribution < 1.29 is 32.5 Å². The van der Waals surface area contributed by atoms with Gasteiger partial charge in [0.15, 0.2) is 5.82 Å². The van der Waals surface area contributed by atoms with Crippen LogP contribution in [0.1, 0.15) is 31.7 Å². The normalized spacial score (nSPS) is 26.8. The zero-order chi connectivity index (χ0) is 32.3. The number of benzene rings is 1. The number of carbonyl (C=O) groups is 1. The molecule has 4 atom stereocenters. The van der Waals surface area contributed by atoms with Crippen LogP contribution < -0.4 is 9.64 Å². The molecule has 0 saturated carbocycles. The van der Waals surface area contributed by atoms with Gasteiger partial charge in [-0.05, 0) is 36.8 Å². The molecule has 1 aromatic carbocycles. The third kappa shape index (κ3) is 5.49. The number of hydrogen-bond acceptors (Lipinski definition) is 11. The van der Waals surface area contributed by atoms with E-state index in [1.54, 1.807) is 18.5 Å². The maximum Gasteiger partial charge on any atom is 0.508 e. The van der Waals surface area contributed by atoms with E-state index in [1.807, 2.05) is 4.90 Å². The average Bonchev–Trinajstić information content (AvgIpc) is 3.64. The molecule has 8 heterocycles. The lowest BCUT2D eigenvalue weighted by atomic mass is 9.91. The van der Waals surface area contributed by atoms with Gasteiger partial charge in [0.2, 0.25) is 0 Å². The second-order valence-electron chi connectivity index (χ2n) is 13.0. The highest BCUT2D eigenvalue weighted by molar-refractivity contribution is 6.33. The fraction of sp³-hybridized carbons (Fsp3) is 0.531. The molecule has 47 heavy (non-hydrogen) atoms. The molecule has 3 aromatic heterocycles. The SMILES string of the molecule is CC1CN2C[C@@H](F)C[C@@]2(COc2nc3c4cnc(c(F)c4n2)-c2c(c(Cl)cc4[nH]ncc24)CCCOC(=O)O[C@@H]2COCCN3C2)C1. The number of H-pyrrole nitrogens is 1. The molecule has 0 spiro atoms. The summed E-state index contributed by atoms with van der Waals surface area (Å²) in [5, 5.41) is 8.45. The van der Waals surface area contributed by atoms with E-state index < -0.39 is 29.8 Å². The topological polar surface area (TPSA) is 128 Å². The zero-order valence-corrected chi connectivity index (χ0v) is 26.6. The van der Waals surface area contributed by atoms with E-state index in [0.717, 1.165) is 13.0 Å². The monoisotopic (exact) mass is 669 g/mol. The molecule has 5 aliphatic rings. The number of fused-ring (bicyclic) bond motifs is 8. The first-order valence-corrected chi connectivity index (χ1v) is 16.3. The molecule has 15 heteroatoms. The van der Waals surface area contributed by atoms with E-state index in [2.05, 4.69) is 32.0 Å². The van der Waals surface area contributed by atoms with Crippen molar-refractivity contribution in [1.82, 2.24) is 30.0 Å². The number of alkyl halides is 1. The molecule has 3 saturated heterocycles. The molecule has 1 unspecified atom stereocenters. The van der Waals surface area contributed by atoms with E-state index in [9.17, 15) is 9.18 Å². The largest absolute Gasteiger partial charge is 0.508 e. The third-order valence-corrected chi connectivity index (χ3v) is 10.0. The molecule has 5 aliphatic heterocycles. The van der Waals surface area contributed by atoms with Crippen molar-refractivity contribution >= 4 is 45.4 Å². The Hall–Kier alpha value is -3.88. The summed E-state index contributed by atoms with van der Waals surface area (Å²) in [5.41, 5.74) is 1.29. The van der Waals surface area contributed by atoms with Crippen LogP contribution in [0.15, 0.2) is 18.5 Å². The predicted molar refractivity (Wildman–Crippen MR) is 168 cm³/mol. The zero-order valence-electron chi connectivity index (χ0n) is 25.8. The highest BCUT2D eigenvalue weighted by atomic mass is 35.5. The summed E-state index contributed by atoms with van der Waals surface area (Å²) in [6.07, 6.45) is 2.62. The maximum atomic E-state index is 17.0. The van der Waals surface area contributed by atoms with Crippen LogP contribution in [-0.4, -0.2) is 107 Å². The summed E-state index contributed by atoms with van der Waals surface area (Å²) in [7, 11) is 0. The molecule has 12 nitrogen and oxygen atoms in total. The number of aromatic nitrogens is 5. The van der Waals surface area contributed by atoms with Gasteiger partial charge in [-0.3, -0.25) is 15.0 Å². The van der Waals surface area contributed by atoms with Gasteiger partial charge in [-0.25, -0.2) is 13.6 Å². The molecule has 0 amide bonds. The van der Waals surface area contributed by atoms with Crippen LogP contribution in [0.5, 0.6) is 6.01 Å². The summed E-state index contributed by atoms with van der Waals surface area (Å²) in [6, 6.07) is 1.69. The van der Waals surface area contributed by atoms with Gasteiger partial charge < -0.3 is 23.8 Å². The number of carbonyl (C=O) groups excluding carboxylic acids is 1. The highest BCUT2D eigenvalue weighted by Crippen LogP contribution is 2.43. The quantitative estimate of drug-likeness (QED) is 0.300. The van der Waals surface area contributed by atoms with Gasteiger partial charge in [-0.1, -0.05) is 18.5 Å². The van der Waals surface area contributed by atoms with Gasteiger partial charge in [-0.2, -0.15) is 15.1 Å². The molecule has 248 valence electrons. The van der Waals surface area contributed by atoms with E-state index in [1.165, 1.54) is 0 Å². The lowest BCUT2D eigenvalue weighted by Gasteiger charge is -2.31. The first-order chi connectivity index (χ1) is 22.8. The van der Waals surface area contributed by atoms with Crippen molar-refractivity contribution in [3.63, 3.8) is 0 Å². The highest BCUT2D eigenvalue weighted by Gasteiger charge is 2.51.